The van der Waals surface area contributed by atoms with Crippen LogP contribution < -0.4 is 11.1 Å². The average Bonchev–Trinajstić information content (AvgIpc) is 2.17. The lowest BCUT2D eigenvalue weighted by atomic mass is 10.4. The van der Waals surface area contributed by atoms with Gasteiger partial charge in [-0.25, -0.2) is 4.98 Å². The highest BCUT2D eigenvalue weighted by atomic mass is 35.5. The van der Waals surface area contributed by atoms with Crippen molar-refractivity contribution in [3.05, 3.63) is 17.3 Å². The Hall–Kier alpha value is -1.00. The van der Waals surface area contributed by atoms with Gasteiger partial charge in [0.1, 0.15) is 5.15 Å². The van der Waals surface area contributed by atoms with Crippen molar-refractivity contribution in [3.8, 4) is 0 Å². The Kier molecular flexibility index (Phi) is 4.65. The molecule has 0 bridgehead atoms. The lowest BCUT2D eigenvalue weighted by Gasteiger charge is -2.10. The quantitative estimate of drug-likeness (QED) is 0.600. The monoisotopic (exact) mass is 229 g/mol. The number of anilines is 2. The predicted octanol–water partition coefficient (Wildman–Crippen LogP) is 2.15. The zero-order chi connectivity index (χ0) is 11.3. The van der Waals surface area contributed by atoms with Crippen LogP contribution in [0.5, 0.6) is 0 Å². The molecule has 0 unspecified atom stereocenters. The lowest BCUT2D eigenvalue weighted by molar-refractivity contribution is 0.0870. The van der Waals surface area contributed by atoms with Crippen molar-refractivity contribution in [2.45, 2.75) is 20.0 Å². The Labute approximate surface area is 94.8 Å². The number of nitrogens with two attached hydrogens (primary N) is 1. The summed E-state index contributed by atoms with van der Waals surface area (Å²) in [6, 6.07) is 3.38. The maximum absolute atomic E-state index is 5.74. The molecule has 1 rings (SSSR count). The fraction of sp³-hybridized carbons (Fsp3) is 0.500. The number of aromatic nitrogens is 1. The van der Waals surface area contributed by atoms with Crippen LogP contribution >= 0.6 is 11.6 Å². The number of pyridine rings is 1. The first kappa shape index (κ1) is 12.1. The molecule has 1 aromatic heterocycles. The summed E-state index contributed by atoms with van der Waals surface area (Å²) in [5.41, 5.74) is 6.29. The molecular formula is C10H16ClN3O. The van der Waals surface area contributed by atoms with Gasteiger partial charge in [0.15, 0.2) is 5.82 Å². The van der Waals surface area contributed by atoms with Gasteiger partial charge in [-0.3, -0.25) is 0 Å². The molecule has 0 amide bonds. The maximum atomic E-state index is 5.74. The summed E-state index contributed by atoms with van der Waals surface area (Å²) in [4.78, 5) is 4.06. The molecule has 0 spiro atoms. The second-order valence-electron chi connectivity index (χ2n) is 3.42. The van der Waals surface area contributed by atoms with E-state index in [1.54, 1.807) is 12.1 Å². The van der Waals surface area contributed by atoms with Crippen molar-refractivity contribution in [2.75, 3.05) is 24.2 Å². The van der Waals surface area contributed by atoms with Crippen molar-refractivity contribution in [1.82, 2.24) is 4.98 Å². The molecule has 3 N–H and O–H groups in total. The van der Waals surface area contributed by atoms with Gasteiger partial charge in [0.05, 0.1) is 18.4 Å². The molecule has 0 radical (unpaired) electrons. The highest BCUT2D eigenvalue weighted by Crippen LogP contribution is 2.17. The minimum atomic E-state index is 0.233. The largest absolute Gasteiger partial charge is 0.396 e. The van der Waals surface area contributed by atoms with E-state index in [0.717, 1.165) is 0 Å². The maximum Gasteiger partial charge on any atom is 0.151 e. The Morgan fingerprint density at radius 2 is 2.27 bits per heavy atom. The molecule has 0 saturated carbocycles. The first-order chi connectivity index (χ1) is 7.09. The summed E-state index contributed by atoms with van der Waals surface area (Å²) >= 11 is 5.74. The van der Waals surface area contributed by atoms with E-state index >= 15 is 0 Å². The molecule has 0 aliphatic rings. The molecular weight excluding hydrogens is 214 g/mol. The summed E-state index contributed by atoms with van der Waals surface area (Å²) in [5.74, 6) is 0.606. The highest BCUT2D eigenvalue weighted by Gasteiger charge is 2.01. The molecule has 0 fully saturated rings. The highest BCUT2D eigenvalue weighted by molar-refractivity contribution is 6.29. The molecule has 0 saturated heterocycles. The molecule has 0 aromatic carbocycles. The Morgan fingerprint density at radius 1 is 1.53 bits per heavy atom. The summed E-state index contributed by atoms with van der Waals surface area (Å²) in [7, 11) is 0. The molecule has 1 aromatic rings. The van der Waals surface area contributed by atoms with Crippen LogP contribution in [-0.2, 0) is 4.74 Å². The van der Waals surface area contributed by atoms with Crippen LogP contribution in [0.1, 0.15) is 13.8 Å². The second-order valence-corrected chi connectivity index (χ2v) is 3.81. The number of ether oxygens (including phenoxy) is 1. The van der Waals surface area contributed by atoms with Crippen molar-refractivity contribution >= 4 is 23.1 Å². The zero-order valence-corrected chi connectivity index (χ0v) is 9.71. The Bertz CT molecular complexity index is 318. The number of nitrogens with one attached hydrogen (secondary N) is 1. The molecule has 84 valence electrons. The van der Waals surface area contributed by atoms with E-state index < -0.39 is 0 Å². The van der Waals surface area contributed by atoms with Crippen LogP contribution in [0.25, 0.3) is 0 Å². The van der Waals surface area contributed by atoms with Crippen molar-refractivity contribution in [3.63, 3.8) is 0 Å². The van der Waals surface area contributed by atoms with Gasteiger partial charge in [-0.05, 0) is 26.0 Å². The van der Waals surface area contributed by atoms with Crippen molar-refractivity contribution < 1.29 is 4.74 Å². The van der Waals surface area contributed by atoms with Crippen LogP contribution in [-0.4, -0.2) is 24.2 Å². The third kappa shape index (κ3) is 4.36. The molecule has 1 heterocycles. The molecule has 0 atom stereocenters. The van der Waals surface area contributed by atoms with Crippen LogP contribution in [0.4, 0.5) is 11.5 Å². The lowest BCUT2D eigenvalue weighted by Crippen LogP contribution is -2.14. The first-order valence-corrected chi connectivity index (χ1v) is 5.25. The molecule has 15 heavy (non-hydrogen) atoms. The van der Waals surface area contributed by atoms with E-state index in [-0.39, 0.29) is 6.10 Å². The van der Waals surface area contributed by atoms with E-state index in [1.165, 1.54) is 0 Å². The van der Waals surface area contributed by atoms with E-state index in [2.05, 4.69) is 10.3 Å². The predicted molar refractivity (Wildman–Crippen MR) is 63.2 cm³/mol. The molecule has 4 nitrogen and oxygen atoms in total. The Morgan fingerprint density at radius 3 is 2.93 bits per heavy atom. The number of nitrogen functional groups attached to an aromatic ring is 1. The van der Waals surface area contributed by atoms with E-state index in [0.29, 0.717) is 29.8 Å². The van der Waals surface area contributed by atoms with Gasteiger partial charge < -0.3 is 15.8 Å². The van der Waals surface area contributed by atoms with Gasteiger partial charge in [-0.15, -0.1) is 0 Å². The molecule has 0 aliphatic heterocycles. The summed E-state index contributed by atoms with van der Waals surface area (Å²) in [6.07, 6.45) is 0.233. The van der Waals surface area contributed by atoms with Gasteiger partial charge in [0, 0.05) is 6.54 Å². The third-order valence-corrected chi connectivity index (χ3v) is 1.95. The van der Waals surface area contributed by atoms with Crippen LogP contribution in [0.2, 0.25) is 5.15 Å². The number of nitrogens with zero attached hydrogens (tertiary/aromatic N) is 1. The smallest absolute Gasteiger partial charge is 0.151 e. The number of hydrogen-bond donors (Lipinski definition) is 2. The summed E-state index contributed by atoms with van der Waals surface area (Å²) < 4.78 is 5.37. The van der Waals surface area contributed by atoms with Gasteiger partial charge in [-0.2, -0.15) is 0 Å². The summed E-state index contributed by atoms with van der Waals surface area (Å²) in [6.45, 7) is 5.26. The summed E-state index contributed by atoms with van der Waals surface area (Å²) in [5, 5.41) is 3.49. The van der Waals surface area contributed by atoms with Gasteiger partial charge in [0.25, 0.3) is 0 Å². The van der Waals surface area contributed by atoms with E-state index in [9.17, 15) is 0 Å². The fourth-order valence-electron chi connectivity index (χ4n) is 1.05. The minimum absolute atomic E-state index is 0.233. The normalized spacial score (nSPS) is 10.7. The van der Waals surface area contributed by atoms with E-state index in [1.807, 2.05) is 13.8 Å². The van der Waals surface area contributed by atoms with Crippen LogP contribution in [0.3, 0.4) is 0 Å². The zero-order valence-electron chi connectivity index (χ0n) is 8.96. The Balaban J connectivity index is 2.40. The second kappa shape index (κ2) is 5.78. The SMILES string of the molecule is CC(C)OCCNc1nc(Cl)ccc1N. The molecule has 0 aliphatic carbocycles. The van der Waals surface area contributed by atoms with E-state index in [4.69, 9.17) is 22.1 Å². The fourth-order valence-corrected chi connectivity index (χ4v) is 1.20. The molecule has 5 heteroatoms. The minimum Gasteiger partial charge on any atom is -0.396 e. The average molecular weight is 230 g/mol. The van der Waals surface area contributed by atoms with Crippen molar-refractivity contribution in [2.24, 2.45) is 0 Å². The number of hydrogen-bond acceptors (Lipinski definition) is 4. The topological polar surface area (TPSA) is 60.2 Å². The first-order valence-electron chi connectivity index (χ1n) is 4.87. The van der Waals surface area contributed by atoms with Crippen LogP contribution in [0, 0.1) is 0 Å². The number of halogens is 1. The van der Waals surface area contributed by atoms with Gasteiger partial charge in [0.2, 0.25) is 0 Å². The van der Waals surface area contributed by atoms with Gasteiger partial charge >= 0.3 is 0 Å². The number of rotatable bonds is 5. The standard InChI is InChI=1S/C10H16ClN3O/c1-7(2)15-6-5-13-10-8(12)3-4-9(11)14-10/h3-4,7H,5-6,12H2,1-2H3,(H,13,14). The third-order valence-electron chi connectivity index (χ3n) is 1.74. The van der Waals surface area contributed by atoms with Gasteiger partial charge in [-0.1, -0.05) is 11.6 Å². The van der Waals surface area contributed by atoms with Crippen LogP contribution in [0.15, 0.2) is 12.1 Å². The van der Waals surface area contributed by atoms with Crippen molar-refractivity contribution in [1.29, 1.82) is 0 Å².